The second kappa shape index (κ2) is 6.19. The molecule has 2 atom stereocenters. The van der Waals surface area contributed by atoms with Gasteiger partial charge in [0.25, 0.3) is 0 Å². The monoisotopic (exact) mass is 240 g/mol. The van der Waals surface area contributed by atoms with Gasteiger partial charge in [-0.3, -0.25) is 4.90 Å². The third-order valence-electron chi connectivity index (χ3n) is 3.99. The van der Waals surface area contributed by atoms with Gasteiger partial charge in [0, 0.05) is 25.2 Å². The number of hydrogen-bond donors (Lipinski definition) is 1. The molecular formula is C15H32N2. The van der Waals surface area contributed by atoms with Gasteiger partial charge in [-0.25, -0.2) is 0 Å². The fourth-order valence-electron chi connectivity index (χ4n) is 2.48. The van der Waals surface area contributed by atoms with Crippen molar-refractivity contribution in [1.82, 2.24) is 10.2 Å². The molecule has 0 aromatic carbocycles. The maximum atomic E-state index is 3.71. The molecule has 1 fully saturated rings. The van der Waals surface area contributed by atoms with E-state index in [1.807, 2.05) is 0 Å². The molecule has 102 valence electrons. The number of piperazine rings is 1. The van der Waals surface area contributed by atoms with Crippen molar-refractivity contribution in [3.8, 4) is 0 Å². The third-order valence-corrected chi connectivity index (χ3v) is 3.99. The molecule has 0 spiro atoms. The fourth-order valence-corrected chi connectivity index (χ4v) is 2.48. The van der Waals surface area contributed by atoms with Crippen molar-refractivity contribution in [2.45, 2.75) is 66.5 Å². The fraction of sp³-hybridized carbons (Fsp3) is 1.00. The minimum Gasteiger partial charge on any atom is -0.311 e. The molecule has 0 aliphatic carbocycles. The highest BCUT2D eigenvalue weighted by atomic mass is 15.2. The van der Waals surface area contributed by atoms with Crippen molar-refractivity contribution in [2.75, 3.05) is 19.6 Å². The first-order valence-electron chi connectivity index (χ1n) is 7.31. The topological polar surface area (TPSA) is 15.3 Å². The van der Waals surface area contributed by atoms with E-state index in [9.17, 15) is 0 Å². The summed E-state index contributed by atoms with van der Waals surface area (Å²) in [5.41, 5.74) is 0.455. The Morgan fingerprint density at radius 1 is 1.29 bits per heavy atom. The molecule has 2 heteroatoms. The molecule has 0 aromatic rings. The third kappa shape index (κ3) is 4.97. The summed E-state index contributed by atoms with van der Waals surface area (Å²) < 4.78 is 0. The predicted octanol–water partition coefficient (Wildman–Crippen LogP) is 3.13. The SMILES string of the molecule is CCC1CNC(C(C)C)CN1CCC(C)(C)C. The van der Waals surface area contributed by atoms with Crippen molar-refractivity contribution in [2.24, 2.45) is 11.3 Å². The van der Waals surface area contributed by atoms with E-state index >= 15 is 0 Å². The van der Waals surface area contributed by atoms with Gasteiger partial charge < -0.3 is 5.32 Å². The van der Waals surface area contributed by atoms with Crippen LogP contribution in [0.4, 0.5) is 0 Å². The Morgan fingerprint density at radius 3 is 2.41 bits per heavy atom. The minimum absolute atomic E-state index is 0.455. The van der Waals surface area contributed by atoms with Gasteiger partial charge in [-0.1, -0.05) is 41.5 Å². The van der Waals surface area contributed by atoms with E-state index in [1.165, 1.54) is 32.5 Å². The summed E-state index contributed by atoms with van der Waals surface area (Å²) in [6, 6.07) is 1.42. The zero-order chi connectivity index (χ0) is 13.1. The molecule has 0 amide bonds. The van der Waals surface area contributed by atoms with Crippen LogP contribution >= 0.6 is 0 Å². The smallest absolute Gasteiger partial charge is 0.0218 e. The molecule has 2 unspecified atom stereocenters. The average molecular weight is 240 g/mol. The van der Waals surface area contributed by atoms with Gasteiger partial charge in [0.2, 0.25) is 0 Å². The summed E-state index contributed by atoms with van der Waals surface area (Å²) in [4.78, 5) is 2.71. The van der Waals surface area contributed by atoms with Crippen LogP contribution in [0.2, 0.25) is 0 Å². The molecule has 0 saturated carbocycles. The van der Waals surface area contributed by atoms with Crippen LogP contribution in [-0.2, 0) is 0 Å². The van der Waals surface area contributed by atoms with Gasteiger partial charge in [0.15, 0.2) is 0 Å². The average Bonchev–Trinajstić information content (AvgIpc) is 2.24. The van der Waals surface area contributed by atoms with Crippen LogP contribution in [0, 0.1) is 11.3 Å². The molecule has 1 N–H and O–H groups in total. The van der Waals surface area contributed by atoms with Crippen molar-refractivity contribution >= 4 is 0 Å². The summed E-state index contributed by atoms with van der Waals surface area (Å²) in [5, 5.41) is 3.71. The highest BCUT2D eigenvalue weighted by molar-refractivity contribution is 4.87. The predicted molar refractivity (Wildman–Crippen MR) is 76.4 cm³/mol. The van der Waals surface area contributed by atoms with Crippen molar-refractivity contribution < 1.29 is 0 Å². The molecule has 1 heterocycles. The van der Waals surface area contributed by atoms with Crippen LogP contribution in [-0.4, -0.2) is 36.6 Å². The van der Waals surface area contributed by atoms with E-state index in [-0.39, 0.29) is 0 Å². The summed E-state index contributed by atoms with van der Waals surface area (Å²) in [5.74, 6) is 0.741. The lowest BCUT2D eigenvalue weighted by Gasteiger charge is -2.42. The quantitative estimate of drug-likeness (QED) is 0.812. The van der Waals surface area contributed by atoms with Crippen LogP contribution in [0.15, 0.2) is 0 Å². The molecule has 2 nitrogen and oxygen atoms in total. The summed E-state index contributed by atoms with van der Waals surface area (Å²) in [7, 11) is 0. The Bertz CT molecular complexity index is 217. The maximum Gasteiger partial charge on any atom is 0.0218 e. The van der Waals surface area contributed by atoms with E-state index in [0.717, 1.165) is 12.0 Å². The second-order valence-corrected chi connectivity index (χ2v) is 7.13. The second-order valence-electron chi connectivity index (χ2n) is 7.13. The summed E-state index contributed by atoms with van der Waals surface area (Å²) in [6.07, 6.45) is 2.57. The number of nitrogens with zero attached hydrogens (tertiary/aromatic N) is 1. The van der Waals surface area contributed by atoms with E-state index in [4.69, 9.17) is 0 Å². The highest BCUT2D eigenvalue weighted by Crippen LogP contribution is 2.22. The van der Waals surface area contributed by atoms with Crippen LogP contribution in [0.25, 0.3) is 0 Å². The van der Waals surface area contributed by atoms with Gasteiger partial charge in [-0.2, -0.15) is 0 Å². The first-order valence-corrected chi connectivity index (χ1v) is 7.31. The molecule has 1 rings (SSSR count). The summed E-state index contributed by atoms with van der Waals surface area (Å²) >= 11 is 0. The van der Waals surface area contributed by atoms with Gasteiger partial charge in [-0.15, -0.1) is 0 Å². The van der Waals surface area contributed by atoms with Crippen LogP contribution in [0.3, 0.4) is 0 Å². The van der Waals surface area contributed by atoms with E-state index in [1.54, 1.807) is 0 Å². The van der Waals surface area contributed by atoms with Crippen LogP contribution in [0.1, 0.15) is 54.4 Å². The Morgan fingerprint density at radius 2 is 1.94 bits per heavy atom. The highest BCUT2D eigenvalue weighted by Gasteiger charge is 2.28. The lowest BCUT2D eigenvalue weighted by molar-refractivity contribution is 0.0975. The normalized spacial score (nSPS) is 27.7. The van der Waals surface area contributed by atoms with E-state index in [2.05, 4.69) is 51.8 Å². The standard InChI is InChI=1S/C15H32N2/c1-7-13-10-16-14(12(2)3)11-17(13)9-8-15(4,5)6/h12-14,16H,7-11H2,1-6H3. The van der Waals surface area contributed by atoms with Crippen molar-refractivity contribution in [3.63, 3.8) is 0 Å². The Labute approximate surface area is 108 Å². The number of nitrogens with one attached hydrogen (secondary N) is 1. The largest absolute Gasteiger partial charge is 0.311 e. The summed E-state index contributed by atoms with van der Waals surface area (Å²) in [6.45, 7) is 17.6. The minimum atomic E-state index is 0.455. The van der Waals surface area contributed by atoms with Gasteiger partial charge in [0.1, 0.15) is 0 Å². The van der Waals surface area contributed by atoms with E-state index < -0.39 is 0 Å². The van der Waals surface area contributed by atoms with Crippen LogP contribution in [0.5, 0.6) is 0 Å². The number of rotatable bonds is 4. The zero-order valence-corrected chi connectivity index (χ0v) is 12.7. The molecule has 0 aromatic heterocycles. The Balaban J connectivity index is 2.51. The lowest BCUT2D eigenvalue weighted by atomic mass is 9.91. The van der Waals surface area contributed by atoms with Crippen LogP contribution < -0.4 is 5.32 Å². The zero-order valence-electron chi connectivity index (χ0n) is 12.7. The maximum absolute atomic E-state index is 3.71. The molecule has 0 radical (unpaired) electrons. The molecule has 1 aliphatic rings. The Kier molecular flexibility index (Phi) is 5.46. The van der Waals surface area contributed by atoms with Gasteiger partial charge in [-0.05, 0) is 30.7 Å². The molecule has 1 saturated heterocycles. The first kappa shape index (κ1) is 15.0. The molecule has 1 aliphatic heterocycles. The lowest BCUT2D eigenvalue weighted by Crippen LogP contribution is -2.58. The molecular weight excluding hydrogens is 208 g/mol. The van der Waals surface area contributed by atoms with E-state index in [0.29, 0.717) is 11.5 Å². The Hall–Kier alpha value is -0.0800. The van der Waals surface area contributed by atoms with Gasteiger partial charge in [0.05, 0.1) is 0 Å². The molecule has 0 bridgehead atoms. The first-order chi connectivity index (χ1) is 7.83. The van der Waals surface area contributed by atoms with Gasteiger partial charge >= 0.3 is 0 Å². The molecule has 17 heavy (non-hydrogen) atoms. The van der Waals surface area contributed by atoms with Crippen molar-refractivity contribution in [1.29, 1.82) is 0 Å². The van der Waals surface area contributed by atoms with Crippen molar-refractivity contribution in [3.05, 3.63) is 0 Å². The number of hydrogen-bond acceptors (Lipinski definition) is 2.